The van der Waals surface area contributed by atoms with Gasteiger partial charge in [0, 0.05) is 35.2 Å². The standard InChI is InChI=1S/C19H19N5O3S2/c1-29(25,26)11-12-9-16-17(28-12)19(24-5-7-27-8-6-24)22-18(21-16)13-3-2-4-15-14(13)10-20-23-15/h2-4,9-10H,5-8,11H2,1H3,(H,20,23). The third-order valence-corrected chi connectivity index (χ3v) is 6.98. The van der Waals surface area contributed by atoms with Crippen LogP contribution >= 0.6 is 11.3 Å². The van der Waals surface area contributed by atoms with Crippen molar-refractivity contribution in [2.24, 2.45) is 0 Å². The molecule has 1 fully saturated rings. The number of H-pyrrole nitrogens is 1. The summed E-state index contributed by atoms with van der Waals surface area (Å²) in [6.45, 7) is 2.75. The number of morpholine rings is 1. The van der Waals surface area contributed by atoms with Crippen molar-refractivity contribution in [2.45, 2.75) is 5.75 Å². The molecule has 0 atom stereocenters. The van der Waals surface area contributed by atoms with Gasteiger partial charge in [-0.2, -0.15) is 5.10 Å². The van der Waals surface area contributed by atoms with Gasteiger partial charge < -0.3 is 9.64 Å². The highest BCUT2D eigenvalue weighted by molar-refractivity contribution is 7.90. The number of thiophene rings is 1. The summed E-state index contributed by atoms with van der Waals surface area (Å²) in [5.74, 6) is 1.44. The van der Waals surface area contributed by atoms with Crippen LogP contribution in [0.3, 0.4) is 0 Å². The van der Waals surface area contributed by atoms with Crippen molar-refractivity contribution in [2.75, 3.05) is 37.5 Å². The normalized spacial score (nSPS) is 15.4. The lowest BCUT2D eigenvalue weighted by Gasteiger charge is -2.28. The molecule has 0 spiro atoms. The Balaban J connectivity index is 1.71. The van der Waals surface area contributed by atoms with Gasteiger partial charge in [0.2, 0.25) is 0 Å². The average molecular weight is 430 g/mol. The Bertz CT molecular complexity index is 1310. The van der Waals surface area contributed by atoms with E-state index in [2.05, 4.69) is 15.1 Å². The highest BCUT2D eigenvalue weighted by Crippen LogP contribution is 2.36. The molecule has 0 bridgehead atoms. The average Bonchev–Trinajstić information content (AvgIpc) is 3.32. The number of hydrogen-bond donors (Lipinski definition) is 1. The molecular formula is C19H19N5O3S2. The van der Waals surface area contributed by atoms with Crippen molar-refractivity contribution in [1.82, 2.24) is 20.2 Å². The highest BCUT2D eigenvalue weighted by atomic mass is 32.2. The zero-order chi connectivity index (χ0) is 20.0. The number of anilines is 1. The fourth-order valence-corrected chi connectivity index (χ4v) is 5.95. The first kappa shape index (κ1) is 18.5. The van der Waals surface area contributed by atoms with Crippen molar-refractivity contribution in [3.8, 4) is 11.4 Å². The van der Waals surface area contributed by atoms with Crippen LogP contribution in [0, 0.1) is 0 Å². The maximum atomic E-state index is 11.8. The Morgan fingerprint density at radius 1 is 1.24 bits per heavy atom. The second-order valence-electron chi connectivity index (χ2n) is 7.10. The molecule has 150 valence electrons. The van der Waals surface area contributed by atoms with E-state index in [-0.39, 0.29) is 5.75 Å². The van der Waals surface area contributed by atoms with Crippen LogP contribution in [0.5, 0.6) is 0 Å². The molecule has 0 saturated carbocycles. The van der Waals surface area contributed by atoms with Crippen molar-refractivity contribution in [3.05, 3.63) is 35.3 Å². The van der Waals surface area contributed by atoms with E-state index < -0.39 is 9.84 Å². The monoisotopic (exact) mass is 429 g/mol. The van der Waals surface area contributed by atoms with Crippen LogP contribution in [0.4, 0.5) is 5.82 Å². The summed E-state index contributed by atoms with van der Waals surface area (Å²) < 4.78 is 30.0. The molecule has 1 aliphatic rings. The van der Waals surface area contributed by atoms with E-state index in [4.69, 9.17) is 14.7 Å². The van der Waals surface area contributed by atoms with Crippen molar-refractivity contribution in [1.29, 1.82) is 0 Å². The minimum absolute atomic E-state index is 0.00320. The molecule has 0 radical (unpaired) electrons. The van der Waals surface area contributed by atoms with Crippen LogP contribution in [0.15, 0.2) is 30.5 Å². The van der Waals surface area contributed by atoms with Crippen molar-refractivity contribution < 1.29 is 13.2 Å². The Labute approximate surface area is 171 Å². The van der Waals surface area contributed by atoms with E-state index in [1.165, 1.54) is 17.6 Å². The van der Waals surface area contributed by atoms with Crippen LogP contribution < -0.4 is 4.90 Å². The first-order chi connectivity index (χ1) is 14.0. The van der Waals surface area contributed by atoms with E-state index >= 15 is 0 Å². The molecule has 1 aromatic carbocycles. The number of hydrogen-bond acceptors (Lipinski definition) is 8. The van der Waals surface area contributed by atoms with E-state index in [9.17, 15) is 8.42 Å². The minimum Gasteiger partial charge on any atom is -0.378 e. The molecule has 10 heteroatoms. The molecule has 5 rings (SSSR count). The molecule has 1 aliphatic heterocycles. The summed E-state index contributed by atoms with van der Waals surface area (Å²) >= 11 is 1.45. The summed E-state index contributed by atoms with van der Waals surface area (Å²) in [7, 11) is -3.13. The SMILES string of the molecule is CS(=O)(=O)Cc1cc2nc(-c3cccc4[nH]ncc34)nc(N3CCOCC3)c2s1. The number of nitrogens with one attached hydrogen (secondary N) is 1. The predicted molar refractivity (Wildman–Crippen MR) is 114 cm³/mol. The Morgan fingerprint density at radius 2 is 2.07 bits per heavy atom. The topological polar surface area (TPSA) is 101 Å². The smallest absolute Gasteiger partial charge is 0.162 e. The van der Waals surface area contributed by atoms with Gasteiger partial charge in [-0.05, 0) is 12.1 Å². The maximum absolute atomic E-state index is 11.8. The zero-order valence-corrected chi connectivity index (χ0v) is 17.4. The number of fused-ring (bicyclic) bond motifs is 2. The van der Waals surface area contributed by atoms with E-state index in [0.29, 0.717) is 19.0 Å². The minimum atomic E-state index is -3.13. The molecule has 3 aromatic heterocycles. The van der Waals surface area contributed by atoms with Gasteiger partial charge in [0.1, 0.15) is 0 Å². The molecule has 1 saturated heterocycles. The third kappa shape index (κ3) is 3.59. The van der Waals surface area contributed by atoms with Gasteiger partial charge in [0.25, 0.3) is 0 Å². The molecule has 4 heterocycles. The Hall–Kier alpha value is -2.56. The Morgan fingerprint density at radius 3 is 2.86 bits per heavy atom. The number of sulfone groups is 1. The maximum Gasteiger partial charge on any atom is 0.162 e. The lowest BCUT2D eigenvalue weighted by Crippen LogP contribution is -2.36. The van der Waals surface area contributed by atoms with Gasteiger partial charge in [-0.25, -0.2) is 18.4 Å². The summed E-state index contributed by atoms with van der Waals surface area (Å²) in [6.07, 6.45) is 3.02. The number of nitrogens with zero attached hydrogens (tertiary/aromatic N) is 4. The van der Waals surface area contributed by atoms with Gasteiger partial charge in [-0.1, -0.05) is 12.1 Å². The van der Waals surface area contributed by atoms with Crippen molar-refractivity contribution in [3.63, 3.8) is 0 Å². The first-order valence-corrected chi connectivity index (χ1v) is 12.1. The number of rotatable bonds is 4. The van der Waals surface area contributed by atoms with Crippen LogP contribution in [0.25, 0.3) is 32.5 Å². The first-order valence-electron chi connectivity index (χ1n) is 9.21. The predicted octanol–water partition coefficient (Wildman–Crippen LogP) is 2.62. The molecule has 0 amide bonds. The Kier molecular flexibility index (Phi) is 4.49. The molecule has 0 unspecified atom stereocenters. The van der Waals surface area contributed by atoms with Crippen molar-refractivity contribution >= 4 is 48.1 Å². The second kappa shape index (κ2) is 7.05. The zero-order valence-electron chi connectivity index (χ0n) is 15.8. The fourth-order valence-electron chi connectivity index (χ4n) is 3.57. The fraction of sp³-hybridized carbons (Fsp3) is 0.316. The summed E-state index contributed by atoms with van der Waals surface area (Å²) in [6, 6.07) is 7.75. The van der Waals surface area contributed by atoms with E-state index in [0.717, 1.165) is 50.5 Å². The summed E-state index contributed by atoms with van der Waals surface area (Å²) in [5, 5.41) is 8.06. The van der Waals surface area contributed by atoms with E-state index in [1.54, 1.807) is 6.20 Å². The number of aromatic amines is 1. The molecule has 0 aliphatic carbocycles. The van der Waals surface area contributed by atoms with Gasteiger partial charge in [-0.3, -0.25) is 5.10 Å². The molecule has 8 nitrogen and oxygen atoms in total. The number of ether oxygens (including phenoxy) is 1. The molecule has 29 heavy (non-hydrogen) atoms. The molecular weight excluding hydrogens is 410 g/mol. The lowest BCUT2D eigenvalue weighted by molar-refractivity contribution is 0.122. The van der Waals surface area contributed by atoms with Gasteiger partial charge in [0.15, 0.2) is 21.5 Å². The third-order valence-electron chi connectivity index (χ3n) is 4.85. The summed E-state index contributed by atoms with van der Waals surface area (Å²) in [4.78, 5) is 12.7. The van der Waals surface area contributed by atoms with Crippen LogP contribution in [-0.2, 0) is 20.3 Å². The number of aromatic nitrogens is 4. The van der Waals surface area contributed by atoms with Crippen LogP contribution in [0.1, 0.15) is 4.88 Å². The number of benzene rings is 1. The molecule has 4 aromatic rings. The van der Waals surface area contributed by atoms with Gasteiger partial charge in [0.05, 0.1) is 40.9 Å². The summed E-state index contributed by atoms with van der Waals surface area (Å²) in [5.41, 5.74) is 2.58. The lowest BCUT2D eigenvalue weighted by atomic mass is 10.1. The quantitative estimate of drug-likeness (QED) is 0.532. The van der Waals surface area contributed by atoms with E-state index in [1.807, 2.05) is 24.3 Å². The van der Waals surface area contributed by atoms with Gasteiger partial charge >= 0.3 is 0 Å². The highest BCUT2D eigenvalue weighted by Gasteiger charge is 2.21. The van der Waals surface area contributed by atoms with Crippen LogP contribution in [0.2, 0.25) is 0 Å². The van der Waals surface area contributed by atoms with Crippen LogP contribution in [-0.4, -0.2) is 61.1 Å². The second-order valence-corrected chi connectivity index (χ2v) is 10.4. The largest absolute Gasteiger partial charge is 0.378 e. The van der Waals surface area contributed by atoms with Gasteiger partial charge in [-0.15, -0.1) is 11.3 Å². The molecule has 1 N–H and O–H groups in total.